The Labute approximate surface area is 130 Å². The van der Waals surface area contributed by atoms with Gasteiger partial charge in [-0.2, -0.15) is 4.98 Å². The Morgan fingerprint density at radius 2 is 1.90 bits per heavy atom. The second-order valence-corrected chi connectivity index (χ2v) is 6.39. The Morgan fingerprint density at radius 1 is 1.19 bits per heavy atom. The van der Waals surface area contributed by atoms with Gasteiger partial charge >= 0.3 is 0 Å². The molecule has 0 saturated heterocycles. The van der Waals surface area contributed by atoms with E-state index >= 15 is 0 Å². The van der Waals surface area contributed by atoms with Crippen molar-refractivity contribution in [2.45, 2.75) is 44.6 Å². The van der Waals surface area contributed by atoms with Crippen LogP contribution in [0.5, 0.6) is 0 Å². The molecule has 1 N–H and O–H groups in total. The predicted molar refractivity (Wildman–Crippen MR) is 87.7 cm³/mol. The molecular formula is C16H23N3OS. The fourth-order valence-corrected chi connectivity index (χ4v) is 2.78. The van der Waals surface area contributed by atoms with E-state index in [0.29, 0.717) is 17.8 Å². The molecule has 5 heteroatoms. The number of rotatable bonds is 7. The molecule has 2 unspecified atom stereocenters. The first kappa shape index (κ1) is 16.0. The normalized spacial score (nSPS) is 14.1. The maximum Gasteiger partial charge on any atom is 0.231 e. The van der Waals surface area contributed by atoms with Crippen LogP contribution in [0, 0.1) is 0 Å². The third-order valence-electron chi connectivity index (χ3n) is 3.53. The maximum absolute atomic E-state index is 5.42. The Balaban J connectivity index is 2.11. The highest BCUT2D eigenvalue weighted by atomic mass is 32.2. The molecule has 0 aliphatic rings. The van der Waals surface area contributed by atoms with Crippen molar-refractivity contribution in [2.24, 2.45) is 0 Å². The van der Waals surface area contributed by atoms with Gasteiger partial charge < -0.3 is 9.84 Å². The highest BCUT2D eigenvalue weighted by Crippen LogP contribution is 2.24. The van der Waals surface area contributed by atoms with E-state index in [1.807, 2.05) is 23.9 Å². The number of aromatic nitrogens is 2. The third-order valence-corrected chi connectivity index (χ3v) is 4.43. The van der Waals surface area contributed by atoms with Gasteiger partial charge in [0.2, 0.25) is 11.7 Å². The molecule has 0 amide bonds. The van der Waals surface area contributed by atoms with Gasteiger partial charge in [0, 0.05) is 16.5 Å². The molecule has 21 heavy (non-hydrogen) atoms. The topological polar surface area (TPSA) is 51.0 Å². The largest absolute Gasteiger partial charge is 0.339 e. The van der Waals surface area contributed by atoms with Gasteiger partial charge in [-0.1, -0.05) is 25.9 Å². The van der Waals surface area contributed by atoms with Crippen molar-refractivity contribution in [1.29, 1.82) is 0 Å². The molecule has 0 spiro atoms. The lowest BCUT2D eigenvalue weighted by Gasteiger charge is -2.16. The highest BCUT2D eigenvalue weighted by Gasteiger charge is 2.20. The summed E-state index contributed by atoms with van der Waals surface area (Å²) in [4.78, 5) is 5.80. The van der Waals surface area contributed by atoms with Crippen LogP contribution in [0.3, 0.4) is 0 Å². The third kappa shape index (κ3) is 4.08. The van der Waals surface area contributed by atoms with Gasteiger partial charge in [0.05, 0.1) is 5.92 Å². The van der Waals surface area contributed by atoms with E-state index < -0.39 is 0 Å². The summed E-state index contributed by atoms with van der Waals surface area (Å²) in [5.74, 6) is 2.62. The fourth-order valence-electron chi connectivity index (χ4n) is 2.12. The van der Waals surface area contributed by atoms with Gasteiger partial charge in [0.25, 0.3) is 0 Å². The van der Waals surface area contributed by atoms with Crippen molar-refractivity contribution < 1.29 is 4.52 Å². The standard InChI is InChI=1S/C16H23N3OS/c1-5-17-12(4)11(3)16-18-15(19-20-16)13-7-9-14(10-8-13)21-6-2/h7-12,17H,5-6H2,1-4H3. The Morgan fingerprint density at radius 3 is 2.52 bits per heavy atom. The van der Waals surface area contributed by atoms with E-state index in [2.05, 4.69) is 55.3 Å². The van der Waals surface area contributed by atoms with E-state index in [1.54, 1.807) is 0 Å². The molecule has 2 rings (SSSR count). The molecule has 1 aromatic heterocycles. The van der Waals surface area contributed by atoms with Gasteiger partial charge in [0.1, 0.15) is 0 Å². The highest BCUT2D eigenvalue weighted by molar-refractivity contribution is 7.99. The van der Waals surface area contributed by atoms with Gasteiger partial charge in [-0.15, -0.1) is 11.8 Å². The average Bonchev–Trinajstić information content (AvgIpc) is 2.97. The van der Waals surface area contributed by atoms with Gasteiger partial charge in [0.15, 0.2) is 0 Å². The van der Waals surface area contributed by atoms with Crippen LogP contribution in [-0.4, -0.2) is 28.5 Å². The van der Waals surface area contributed by atoms with Crippen LogP contribution in [-0.2, 0) is 0 Å². The zero-order chi connectivity index (χ0) is 15.2. The first-order chi connectivity index (χ1) is 10.2. The molecule has 1 aromatic carbocycles. The summed E-state index contributed by atoms with van der Waals surface area (Å²) in [7, 11) is 0. The maximum atomic E-state index is 5.42. The number of hydrogen-bond donors (Lipinski definition) is 1. The van der Waals surface area contributed by atoms with Crippen molar-refractivity contribution in [3.8, 4) is 11.4 Å². The lowest BCUT2D eigenvalue weighted by atomic mass is 10.0. The average molecular weight is 305 g/mol. The van der Waals surface area contributed by atoms with Crippen LogP contribution in [0.15, 0.2) is 33.7 Å². The summed E-state index contributed by atoms with van der Waals surface area (Å²) in [5.41, 5.74) is 0.994. The number of likely N-dealkylation sites (N-methyl/N-ethyl adjacent to an activating group) is 1. The number of nitrogens with zero attached hydrogens (tertiary/aromatic N) is 2. The molecule has 0 fully saturated rings. The molecular weight excluding hydrogens is 282 g/mol. The van der Waals surface area contributed by atoms with Crippen molar-refractivity contribution in [3.05, 3.63) is 30.2 Å². The lowest BCUT2D eigenvalue weighted by Crippen LogP contribution is -2.30. The van der Waals surface area contributed by atoms with E-state index in [-0.39, 0.29) is 5.92 Å². The minimum atomic E-state index is 0.195. The van der Waals surface area contributed by atoms with E-state index in [9.17, 15) is 0 Å². The Bertz CT molecular complexity index is 553. The van der Waals surface area contributed by atoms with Crippen LogP contribution in [0.4, 0.5) is 0 Å². The minimum Gasteiger partial charge on any atom is -0.339 e. The summed E-state index contributed by atoms with van der Waals surface area (Å²) in [5, 5.41) is 7.49. The molecule has 2 atom stereocenters. The second kappa shape index (κ2) is 7.61. The molecule has 2 aromatic rings. The van der Waals surface area contributed by atoms with Crippen molar-refractivity contribution in [3.63, 3.8) is 0 Å². The van der Waals surface area contributed by atoms with Crippen LogP contribution in [0.1, 0.15) is 39.5 Å². The molecule has 0 bridgehead atoms. The number of hydrogen-bond acceptors (Lipinski definition) is 5. The lowest BCUT2D eigenvalue weighted by molar-refractivity contribution is 0.332. The second-order valence-electron chi connectivity index (χ2n) is 5.05. The first-order valence-electron chi connectivity index (χ1n) is 7.45. The molecule has 0 radical (unpaired) electrons. The van der Waals surface area contributed by atoms with Gasteiger partial charge in [-0.3, -0.25) is 0 Å². The molecule has 0 aliphatic carbocycles. The van der Waals surface area contributed by atoms with E-state index in [4.69, 9.17) is 4.52 Å². The zero-order valence-corrected chi connectivity index (χ0v) is 13.9. The molecule has 4 nitrogen and oxygen atoms in total. The quantitative estimate of drug-likeness (QED) is 0.785. The van der Waals surface area contributed by atoms with Gasteiger partial charge in [-0.25, -0.2) is 0 Å². The monoisotopic (exact) mass is 305 g/mol. The number of thioether (sulfide) groups is 1. The van der Waals surface area contributed by atoms with Crippen LogP contribution in [0.2, 0.25) is 0 Å². The summed E-state index contributed by atoms with van der Waals surface area (Å²) >= 11 is 1.83. The summed E-state index contributed by atoms with van der Waals surface area (Å²) < 4.78 is 5.42. The van der Waals surface area contributed by atoms with Crippen molar-refractivity contribution >= 4 is 11.8 Å². The SMILES string of the molecule is CCNC(C)C(C)c1nc(-c2ccc(SCC)cc2)no1. The summed E-state index contributed by atoms with van der Waals surface area (Å²) in [6.45, 7) is 9.42. The fraction of sp³-hybridized carbons (Fsp3) is 0.500. The Hall–Kier alpha value is -1.33. The van der Waals surface area contributed by atoms with Gasteiger partial charge in [-0.05, 0) is 43.5 Å². The number of benzene rings is 1. The molecule has 114 valence electrons. The summed E-state index contributed by atoms with van der Waals surface area (Å²) in [6.07, 6.45) is 0. The van der Waals surface area contributed by atoms with Crippen molar-refractivity contribution in [2.75, 3.05) is 12.3 Å². The smallest absolute Gasteiger partial charge is 0.231 e. The molecule has 1 heterocycles. The molecule has 0 aliphatic heterocycles. The Kier molecular flexibility index (Phi) is 5.82. The summed E-state index contributed by atoms with van der Waals surface area (Å²) in [6, 6.07) is 8.61. The molecule has 0 saturated carbocycles. The van der Waals surface area contributed by atoms with Crippen molar-refractivity contribution in [1.82, 2.24) is 15.5 Å². The first-order valence-corrected chi connectivity index (χ1v) is 8.44. The number of nitrogens with one attached hydrogen (secondary N) is 1. The van der Waals surface area contributed by atoms with E-state index in [1.165, 1.54) is 4.90 Å². The van der Waals surface area contributed by atoms with Crippen LogP contribution in [0.25, 0.3) is 11.4 Å². The van der Waals surface area contributed by atoms with Crippen LogP contribution < -0.4 is 5.32 Å². The minimum absolute atomic E-state index is 0.195. The zero-order valence-electron chi connectivity index (χ0n) is 13.1. The predicted octanol–water partition coefficient (Wildman–Crippen LogP) is 3.95. The van der Waals surface area contributed by atoms with Crippen LogP contribution >= 0.6 is 11.8 Å². The van der Waals surface area contributed by atoms with E-state index in [0.717, 1.165) is 17.9 Å².